The van der Waals surface area contributed by atoms with E-state index in [0.717, 1.165) is 12.0 Å². The van der Waals surface area contributed by atoms with Gasteiger partial charge in [0.2, 0.25) is 0 Å². The van der Waals surface area contributed by atoms with E-state index >= 15 is 0 Å². The first-order valence-corrected chi connectivity index (χ1v) is 4.01. The molecule has 0 amide bonds. The van der Waals surface area contributed by atoms with Gasteiger partial charge in [0.15, 0.2) is 0 Å². The van der Waals surface area contributed by atoms with Gasteiger partial charge in [-0.3, -0.25) is 0 Å². The first-order chi connectivity index (χ1) is 5.72. The van der Waals surface area contributed by atoms with Crippen LogP contribution in [0.3, 0.4) is 0 Å². The highest BCUT2D eigenvalue weighted by atomic mass is 16.1. The Kier molecular flexibility index (Phi) is 2.86. The fourth-order valence-electron chi connectivity index (χ4n) is 0.947. The van der Waals surface area contributed by atoms with Gasteiger partial charge < -0.3 is 10.1 Å². The predicted molar refractivity (Wildman–Crippen MR) is 50.3 cm³/mol. The van der Waals surface area contributed by atoms with Crippen LogP contribution in [0, 0.1) is 6.92 Å². The summed E-state index contributed by atoms with van der Waals surface area (Å²) < 4.78 is 0. The molecule has 0 radical (unpaired) electrons. The molecule has 1 rings (SSSR count). The van der Waals surface area contributed by atoms with Gasteiger partial charge in [0.1, 0.15) is 6.29 Å². The molecule has 1 unspecified atom stereocenters. The van der Waals surface area contributed by atoms with Crippen LogP contribution in [0.1, 0.15) is 12.5 Å². The maximum absolute atomic E-state index is 10.3. The summed E-state index contributed by atoms with van der Waals surface area (Å²) in [5.74, 6) is 0. The van der Waals surface area contributed by atoms with Crippen molar-refractivity contribution in [3.05, 3.63) is 29.8 Å². The Bertz CT molecular complexity index is 253. The monoisotopic (exact) mass is 163 g/mol. The van der Waals surface area contributed by atoms with E-state index in [4.69, 9.17) is 0 Å². The van der Waals surface area contributed by atoms with E-state index in [1.807, 2.05) is 38.1 Å². The van der Waals surface area contributed by atoms with Gasteiger partial charge in [-0.25, -0.2) is 0 Å². The van der Waals surface area contributed by atoms with Crippen LogP contribution < -0.4 is 5.32 Å². The number of hydrogen-bond acceptors (Lipinski definition) is 2. The van der Waals surface area contributed by atoms with E-state index in [9.17, 15) is 4.79 Å². The lowest BCUT2D eigenvalue weighted by Gasteiger charge is -2.08. The number of rotatable bonds is 3. The summed E-state index contributed by atoms with van der Waals surface area (Å²) in [6.45, 7) is 3.86. The van der Waals surface area contributed by atoms with E-state index in [1.54, 1.807) is 0 Å². The molecule has 12 heavy (non-hydrogen) atoms. The largest absolute Gasteiger partial charge is 0.376 e. The molecular formula is C10H13NO. The van der Waals surface area contributed by atoms with Crippen LogP contribution in [-0.2, 0) is 4.79 Å². The van der Waals surface area contributed by atoms with Crippen LogP contribution in [-0.4, -0.2) is 12.3 Å². The van der Waals surface area contributed by atoms with Crippen molar-refractivity contribution in [3.8, 4) is 0 Å². The van der Waals surface area contributed by atoms with Gasteiger partial charge in [-0.05, 0) is 26.0 Å². The summed E-state index contributed by atoms with van der Waals surface area (Å²) in [5.41, 5.74) is 2.21. The maximum atomic E-state index is 10.3. The van der Waals surface area contributed by atoms with Gasteiger partial charge >= 0.3 is 0 Å². The van der Waals surface area contributed by atoms with Crippen molar-refractivity contribution >= 4 is 12.0 Å². The molecule has 0 spiro atoms. The number of benzene rings is 1. The second-order valence-corrected chi connectivity index (χ2v) is 2.94. The summed E-state index contributed by atoms with van der Waals surface area (Å²) in [4.78, 5) is 10.3. The molecule has 1 aromatic carbocycles. The minimum Gasteiger partial charge on any atom is -0.376 e. The first kappa shape index (κ1) is 8.78. The Labute approximate surface area is 72.6 Å². The third-order valence-corrected chi connectivity index (χ3v) is 1.65. The summed E-state index contributed by atoms with van der Waals surface area (Å²) >= 11 is 0. The topological polar surface area (TPSA) is 29.1 Å². The van der Waals surface area contributed by atoms with E-state index < -0.39 is 0 Å². The standard InChI is InChI=1S/C10H13NO/c1-8-3-5-10(6-4-8)11-9(2)7-12/h3-7,9,11H,1-2H3. The molecule has 0 aliphatic rings. The fourth-order valence-corrected chi connectivity index (χ4v) is 0.947. The molecule has 0 heterocycles. The molecule has 0 aliphatic carbocycles. The van der Waals surface area contributed by atoms with Crippen LogP contribution in [0.25, 0.3) is 0 Å². The van der Waals surface area contributed by atoms with Gasteiger partial charge in [-0.15, -0.1) is 0 Å². The molecule has 1 N–H and O–H groups in total. The zero-order valence-electron chi connectivity index (χ0n) is 7.37. The van der Waals surface area contributed by atoms with Crippen LogP contribution in [0.5, 0.6) is 0 Å². The third kappa shape index (κ3) is 2.38. The number of nitrogens with one attached hydrogen (secondary N) is 1. The maximum Gasteiger partial charge on any atom is 0.141 e. The Morgan fingerprint density at radius 2 is 1.92 bits per heavy atom. The van der Waals surface area contributed by atoms with Crippen molar-refractivity contribution < 1.29 is 4.79 Å². The molecule has 2 nitrogen and oxygen atoms in total. The molecule has 0 saturated heterocycles. The summed E-state index contributed by atoms with van der Waals surface area (Å²) in [6.07, 6.45) is 0.889. The average Bonchev–Trinajstić information content (AvgIpc) is 2.09. The second kappa shape index (κ2) is 3.90. The van der Waals surface area contributed by atoms with Gasteiger partial charge in [0.25, 0.3) is 0 Å². The first-order valence-electron chi connectivity index (χ1n) is 4.01. The third-order valence-electron chi connectivity index (χ3n) is 1.65. The lowest BCUT2D eigenvalue weighted by Crippen LogP contribution is -2.15. The molecule has 2 heteroatoms. The van der Waals surface area contributed by atoms with Crippen molar-refractivity contribution in [1.29, 1.82) is 0 Å². The number of anilines is 1. The smallest absolute Gasteiger partial charge is 0.141 e. The van der Waals surface area contributed by atoms with Crippen molar-refractivity contribution in [2.24, 2.45) is 0 Å². The summed E-state index contributed by atoms with van der Waals surface area (Å²) in [7, 11) is 0. The van der Waals surface area contributed by atoms with Crippen molar-refractivity contribution in [3.63, 3.8) is 0 Å². The van der Waals surface area contributed by atoms with Crippen molar-refractivity contribution in [1.82, 2.24) is 0 Å². The molecule has 0 aromatic heterocycles. The van der Waals surface area contributed by atoms with Gasteiger partial charge in [-0.1, -0.05) is 17.7 Å². The number of aldehydes is 1. The van der Waals surface area contributed by atoms with E-state index in [-0.39, 0.29) is 6.04 Å². The SMILES string of the molecule is Cc1ccc(NC(C)C=O)cc1. The van der Waals surface area contributed by atoms with Gasteiger partial charge in [-0.2, -0.15) is 0 Å². The Hall–Kier alpha value is -1.31. The number of aryl methyl sites for hydroxylation is 1. The van der Waals surface area contributed by atoms with E-state index in [0.29, 0.717) is 0 Å². The lowest BCUT2D eigenvalue weighted by molar-refractivity contribution is -0.108. The molecule has 0 aliphatic heterocycles. The fraction of sp³-hybridized carbons (Fsp3) is 0.300. The minimum absolute atomic E-state index is 0.118. The highest BCUT2D eigenvalue weighted by molar-refractivity contribution is 5.63. The molecule has 1 aromatic rings. The average molecular weight is 163 g/mol. The summed E-state index contributed by atoms with van der Waals surface area (Å²) in [6, 6.07) is 7.84. The summed E-state index contributed by atoms with van der Waals surface area (Å²) in [5, 5.41) is 3.05. The van der Waals surface area contributed by atoms with Crippen LogP contribution in [0.2, 0.25) is 0 Å². The number of carbonyl (C=O) groups excluding carboxylic acids is 1. The highest BCUT2D eigenvalue weighted by Gasteiger charge is 1.97. The Morgan fingerprint density at radius 1 is 1.33 bits per heavy atom. The molecule has 0 fully saturated rings. The zero-order valence-corrected chi connectivity index (χ0v) is 7.37. The normalized spacial score (nSPS) is 12.2. The van der Waals surface area contributed by atoms with Gasteiger partial charge in [0.05, 0.1) is 6.04 Å². The second-order valence-electron chi connectivity index (χ2n) is 2.94. The van der Waals surface area contributed by atoms with Crippen molar-refractivity contribution in [2.45, 2.75) is 19.9 Å². The van der Waals surface area contributed by atoms with Crippen LogP contribution in [0.15, 0.2) is 24.3 Å². The predicted octanol–water partition coefficient (Wildman–Crippen LogP) is 1.99. The van der Waals surface area contributed by atoms with E-state index in [1.165, 1.54) is 5.56 Å². The van der Waals surface area contributed by atoms with Gasteiger partial charge in [0, 0.05) is 5.69 Å². The molecule has 0 bridgehead atoms. The lowest BCUT2D eigenvalue weighted by atomic mass is 10.2. The molecule has 1 atom stereocenters. The van der Waals surface area contributed by atoms with Crippen LogP contribution in [0.4, 0.5) is 5.69 Å². The minimum atomic E-state index is -0.118. The highest BCUT2D eigenvalue weighted by Crippen LogP contribution is 2.08. The molecule has 64 valence electrons. The Balaban J connectivity index is 2.64. The Morgan fingerprint density at radius 3 is 2.42 bits per heavy atom. The number of hydrogen-bond donors (Lipinski definition) is 1. The quantitative estimate of drug-likeness (QED) is 0.690. The molecule has 0 saturated carbocycles. The zero-order chi connectivity index (χ0) is 8.97. The van der Waals surface area contributed by atoms with Crippen LogP contribution >= 0.6 is 0 Å². The molecular weight excluding hydrogens is 150 g/mol. The van der Waals surface area contributed by atoms with E-state index in [2.05, 4.69) is 5.32 Å². The number of carbonyl (C=O) groups is 1. The van der Waals surface area contributed by atoms with Crippen molar-refractivity contribution in [2.75, 3.05) is 5.32 Å².